The third-order valence-corrected chi connectivity index (χ3v) is 4.12. The van der Waals surface area contributed by atoms with Gasteiger partial charge >= 0.3 is 27.7 Å². The van der Waals surface area contributed by atoms with Crippen molar-refractivity contribution in [3.63, 3.8) is 0 Å². The Balaban J connectivity index is 0. The Morgan fingerprint density at radius 2 is 1.64 bits per heavy atom. The fourth-order valence-corrected chi connectivity index (χ4v) is 3.12. The molecule has 3 rings (SSSR count). The van der Waals surface area contributed by atoms with Crippen LogP contribution in [-0.4, -0.2) is 11.1 Å². The van der Waals surface area contributed by atoms with Crippen LogP contribution in [0.2, 0.25) is 0 Å². The predicted molar refractivity (Wildman–Crippen MR) is 77.7 cm³/mol. The molecule has 1 radical (unpaired) electrons. The van der Waals surface area contributed by atoms with Crippen LogP contribution in [0.1, 0.15) is 58.3 Å². The first-order valence-corrected chi connectivity index (χ1v) is 7.25. The number of carbonyl (C=O) groups is 1. The van der Waals surface area contributed by atoms with Crippen LogP contribution >= 0.6 is 0 Å². The summed E-state index contributed by atoms with van der Waals surface area (Å²) in [5, 5.41) is 7.89. The van der Waals surface area contributed by atoms with Crippen molar-refractivity contribution in [3.05, 3.63) is 40.9 Å². The molecule has 0 bridgehead atoms. The van der Waals surface area contributed by atoms with E-state index < -0.39 is 5.97 Å². The molecular formula is C17H23Cl2O2Ti. The van der Waals surface area contributed by atoms with E-state index in [1.54, 1.807) is 22.3 Å². The molecule has 22 heavy (non-hydrogen) atoms. The maximum atomic E-state index is 9.60. The molecule has 0 saturated heterocycles. The van der Waals surface area contributed by atoms with Crippen molar-refractivity contribution in [2.24, 2.45) is 0 Å². The summed E-state index contributed by atoms with van der Waals surface area (Å²) in [6.45, 7) is 4.60. The summed E-state index contributed by atoms with van der Waals surface area (Å²) in [5.41, 5.74) is 7.24. The Morgan fingerprint density at radius 1 is 1.09 bits per heavy atom. The quantitative estimate of drug-likeness (QED) is 0.346. The van der Waals surface area contributed by atoms with Gasteiger partial charge in [0, 0.05) is 5.57 Å². The van der Waals surface area contributed by atoms with Crippen molar-refractivity contribution in [2.75, 3.05) is 0 Å². The minimum absolute atomic E-state index is 0. The fourth-order valence-electron chi connectivity index (χ4n) is 3.12. The van der Waals surface area contributed by atoms with Gasteiger partial charge in [0.2, 0.25) is 0 Å². The molecule has 0 amide bonds. The number of allylic oxidation sites excluding steroid dienone is 4. The Kier molecular flexibility index (Phi) is 12.5. The van der Waals surface area contributed by atoms with E-state index >= 15 is 0 Å². The first-order chi connectivity index (χ1) is 9.09. The normalized spacial score (nSPS) is 18.0. The van der Waals surface area contributed by atoms with Crippen LogP contribution < -0.4 is 24.8 Å². The average molecular weight is 378 g/mol. The predicted octanol–water partition coefficient (Wildman–Crippen LogP) is -1.40. The van der Waals surface area contributed by atoms with Crippen molar-refractivity contribution in [3.8, 4) is 0 Å². The van der Waals surface area contributed by atoms with Gasteiger partial charge < -0.3 is 29.9 Å². The van der Waals surface area contributed by atoms with Crippen LogP contribution in [0.3, 0.4) is 0 Å². The Labute approximate surface area is 161 Å². The van der Waals surface area contributed by atoms with Gasteiger partial charge in [-0.1, -0.05) is 31.4 Å². The number of halogens is 2. The molecule has 0 aromatic carbocycles. The molecule has 2 nitrogen and oxygen atoms in total. The van der Waals surface area contributed by atoms with Crippen LogP contribution in [-0.2, 0) is 26.5 Å². The second kappa shape index (κ2) is 11.4. The van der Waals surface area contributed by atoms with E-state index in [-0.39, 0.29) is 52.1 Å². The van der Waals surface area contributed by atoms with Gasteiger partial charge in [0.25, 0.3) is 0 Å². The first kappa shape index (κ1) is 24.1. The number of carboxylic acids is 1. The number of rotatable bonds is 1. The smallest absolute Gasteiger partial charge is 1.00 e. The van der Waals surface area contributed by atoms with Crippen molar-refractivity contribution in [1.29, 1.82) is 0 Å². The molecule has 0 heterocycles. The molecule has 3 aliphatic carbocycles. The summed E-state index contributed by atoms with van der Waals surface area (Å²) in [6.07, 6.45) is 13.6. The molecule has 0 aromatic heterocycles. The number of carboxylic acid groups (broad SMARTS) is 1. The second-order valence-corrected chi connectivity index (χ2v) is 5.65. The Morgan fingerprint density at radius 3 is 2.23 bits per heavy atom. The molecule has 0 unspecified atom stereocenters. The second-order valence-electron chi connectivity index (χ2n) is 5.65. The summed E-state index contributed by atoms with van der Waals surface area (Å²) in [7, 11) is 0. The van der Waals surface area contributed by atoms with E-state index in [1.165, 1.54) is 58.3 Å². The first-order valence-electron chi connectivity index (χ1n) is 7.25. The van der Waals surface area contributed by atoms with Gasteiger partial charge in [0.15, 0.2) is 0 Å². The van der Waals surface area contributed by atoms with Crippen LogP contribution in [0.15, 0.2) is 34.4 Å². The Hall–Kier alpha value is -0.146. The van der Waals surface area contributed by atoms with Gasteiger partial charge in [0.1, 0.15) is 0 Å². The molecule has 121 valence electrons. The van der Waals surface area contributed by atoms with Gasteiger partial charge in [-0.25, -0.2) is 16.8 Å². The summed E-state index contributed by atoms with van der Waals surface area (Å²) in [4.78, 5) is 9.60. The van der Waals surface area contributed by atoms with Gasteiger partial charge in [-0.15, -0.1) is 12.0 Å². The topological polar surface area (TPSA) is 37.3 Å². The van der Waals surface area contributed by atoms with E-state index in [0.717, 1.165) is 0 Å². The zero-order chi connectivity index (χ0) is 13.8. The Bertz CT molecular complexity index is 425. The summed E-state index contributed by atoms with van der Waals surface area (Å²) in [6, 6.07) is 0. The number of hydrogen-bond acceptors (Lipinski definition) is 1. The third-order valence-electron chi connectivity index (χ3n) is 4.12. The van der Waals surface area contributed by atoms with E-state index in [9.17, 15) is 4.79 Å². The van der Waals surface area contributed by atoms with E-state index in [4.69, 9.17) is 5.11 Å². The van der Waals surface area contributed by atoms with Gasteiger partial charge in [0.05, 0.1) is 0 Å². The molecule has 1 N–H and O–H groups in total. The molecule has 0 aromatic rings. The largest absolute Gasteiger partial charge is 3.00 e. The van der Waals surface area contributed by atoms with Gasteiger partial charge in [-0.2, -0.15) is 5.57 Å². The van der Waals surface area contributed by atoms with Gasteiger partial charge in [-0.05, 0) is 32.6 Å². The van der Waals surface area contributed by atoms with Crippen molar-refractivity contribution in [1.82, 2.24) is 0 Å². The molecule has 3 aliphatic rings. The van der Waals surface area contributed by atoms with Crippen LogP contribution in [0.4, 0.5) is 0 Å². The van der Waals surface area contributed by atoms with Crippen molar-refractivity contribution in [2.45, 2.75) is 58.3 Å². The van der Waals surface area contributed by atoms with Crippen LogP contribution in [0.25, 0.3) is 0 Å². The number of fused-ring (bicyclic) bond motifs is 1. The summed E-state index contributed by atoms with van der Waals surface area (Å²) >= 11 is 0. The van der Waals surface area contributed by atoms with E-state index in [1.807, 2.05) is 0 Å². The maximum Gasteiger partial charge on any atom is 3.00 e. The zero-order valence-electron chi connectivity index (χ0n) is 13.1. The molecular weight excluding hydrogens is 355 g/mol. The molecule has 0 aliphatic heterocycles. The van der Waals surface area contributed by atoms with E-state index in [0.29, 0.717) is 0 Å². The van der Waals surface area contributed by atoms with Gasteiger partial charge in [-0.3, -0.25) is 0 Å². The fraction of sp³-hybridized carbons (Fsp3) is 0.529. The molecule has 0 fully saturated rings. The maximum absolute atomic E-state index is 9.60. The molecule has 0 atom stereocenters. The number of hydrogen-bond donors (Lipinski definition) is 1. The minimum atomic E-state index is -0.935. The van der Waals surface area contributed by atoms with Crippen molar-refractivity contribution < 1.29 is 56.4 Å². The molecule has 0 saturated carbocycles. The standard InChI is InChI=1S/C13H17.C4H6O2.2ClH.Ti/c1-3-7-12-10(5-1)9-11-6-2-4-8-13(11)12;1-3(2)4(5)6;;;/h5H,1-4,6-9H2;1H2,2H3,(H,5,6);2*1H;/q-1;;;;+3/p-2. The SMILES string of the molecule is C=C(C)C(=O)O.[CH-]1CCCC2=C1CC1=C2CCCC1.[Cl-].[Cl-].[Ti+3]. The van der Waals surface area contributed by atoms with Crippen LogP contribution in [0, 0.1) is 6.42 Å². The van der Waals surface area contributed by atoms with Crippen molar-refractivity contribution >= 4 is 5.97 Å². The minimum Gasteiger partial charge on any atom is -1.00 e. The molecule has 0 spiro atoms. The average Bonchev–Trinajstić information content (AvgIpc) is 2.78. The van der Waals surface area contributed by atoms with Crippen LogP contribution in [0.5, 0.6) is 0 Å². The van der Waals surface area contributed by atoms with E-state index in [2.05, 4.69) is 13.0 Å². The number of aliphatic carboxylic acids is 1. The zero-order valence-corrected chi connectivity index (χ0v) is 16.1. The monoisotopic (exact) mass is 377 g/mol. The third kappa shape index (κ3) is 6.16. The summed E-state index contributed by atoms with van der Waals surface area (Å²) < 4.78 is 0. The summed E-state index contributed by atoms with van der Waals surface area (Å²) in [5.74, 6) is -0.935. The molecule has 5 heteroatoms.